The number of phosphoric acid groups is 1. The van der Waals surface area contributed by atoms with Crippen molar-refractivity contribution in [1.82, 2.24) is 0 Å². The molecule has 0 fully saturated rings. The maximum atomic E-state index is 12.9. The molecule has 0 aromatic heterocycles. The highest BCUT2D eigenvalue weighted by Crippen LogP contribution is 2.43. The molecule has 0 radical (unpaired) electrons. The van der Waals surface area contributed by atoms with Crippen LogP contribution in [0.15, 0.2) is 134 Å². The fourth-order valence-corrected chi connectivity index (χ4v) is 9.44. The molecule has 2 atom stereocenters. The van der Waals surface area contributed by atoms with Crippen LogP contribution in [0.4, 0.5) is 0 Å². The van der Waals surface area contributed by atoms with Gasteiger partial charge in [0.15, 0.2) is 6.10 Å². The maximum absolute atomic E-state index is 12.9. The molecule has 9 nitrogen and oxygen atoms in total. The molecule has 0 bridgehead atoms. The van der Waals surface area contributed by atoms with Crippen molar-refractivity contribution in [1.29, 1.82) is 0 Å². The highest BCUT2D eigenvalue weighted by molar-refractivity contribution is 7.47. The lowest BCUT2D eigenvalue weighted by Crippen LogP contribution is -2.37. The Morgan fingerprint density at radius 3 is 0.976 bits per heavy atom. The molecule has 468 valence electrons. The van der Waals surface area contributed by atoms with E-state index in [4.69, 9.17) is 18.5 Å². The molecule has 0 amide bonds. The Morgan fingerprint density at radius 1 is 0.378 bits per heavy atom. The number of rotatable bonds is 59. The topological polar surface area (TPSA) is 108 Å². The van der Waals surface area contributed by atoms with Crippen LogP contribution in [-0.2, 0) is 32.7 Å². The number of carbonyl (C=O) groups excluding carboxylic acids is 2. The van der Waals surface area contributed by atoms with Gasteiger partial charge in [0.1, 0.15) is 19.8 Å². The summed E-state index contributed by atoms with van der Waals surface area (Å²) in [6, 6.07) is 0. The number of hydrogen-bond acceptors (Lipinski definition) is 7. The number of likely N-dealkylation sites (N-methyl/N-ethyl adjacent to an activating group) is 1. The first kappa shape index (κ1) is 78.1. The van der Waals surface area contributed by atoms with E-state index in [1.165, 1.54) is 96.3 Å². The van der Waals surface area contributed by atoms with E-state index >= 15 is 0 Å². The second-order valence-corrected chi connectivity index (χ2v) is 24.2. The molecular formula is C72H123NO8P+. The van der Waals surface area contributed by atoms with Crippen molar-refractivity contribution in [3.05, 3.63) is 134 Å². The molecule has 0 aromatic carbocycles. The van der Waals surface area contributed by atoms with Gasteiger partial charge in [-0.05, 0) is 109 Å². The average Bonchev–Trinajstić information content (AvgIpc) is 3.46. The quantitative estimate of drug-likeness (QED) is 0.0211. The first-order valence-electron chi connectivity index (χ1n) is 32.9. The van der Waals surface area contributed by atoms with Crippen molar-refractivity contribution < 1.29 is 42.1 Å². The summed E-state index contributed by atoms with van der Waals surface area (Å²) in [5.41, 5.74) is 0. The molecule has 0 aromatic rings. The molecule has 0 rings (SSSR count). The number of nitrogens with zero attached hydrogens (tertiary/aromatic N) is 1. The number of phosphoric ester groups is 1. The molecule has 10 heteroatoms. The second kappa shape index (κ2) is 61.7. The molecular weight excluding hydrogens is 1040 g/mol. The van der Waals surface area contributed by atoms with Gasteiger partial charge in [-0.3, -0.25) is 18.6 Å². The highest BCUT2D eigenvalue weighted by atomic mass is 31.2. The van der Waals surface area contributed by atoms with Crippen LogP contribution in [0.25, 0.3) is 0 Å². The molecule has 0 saturated heterocycles. The van der Waals surface area contributed by atoms with E-state index in [9.17, 15) is 19.0 Å². The predicted octanol–water partition coefficient (Wildman–Crippen LogP) is 21.3. The predicted molar refractivity (Wildman–Crippen MR) is 353 cm³/mol. The van der Waals surface area contributed by atoms with Gasteiger partial charge in [0, 0.05) is 12.8 Å². The van der Waals surface area contributed by atoms with Gasteiger partial charge in [-0.2, -0.15) is 0 Å². The Labute approximate surface area is 504 Å². The van der Waals surface area contributed by atoms with E-state index in [1.54, 1.807) is 0 Å². The summed E-state index contributed by atoms with van der Waals surface area (Å²) in [7, 11) is 1.46. The fourth-order valence-electron chi connectivity index (χ4n) is 8.69. The van der Waals surface area contributed by atoms with Crippen LogP contribution in [0, 0.1) is 0 Å². The van der Waals surface area contributed by atoms with Crippen LogP contribution < -0.4 is 0 Å². The lowest BCUT2D eigenvalue weighted by molar-refractivity contribution is -0.870. The Balaban J connectivity index is 4.07. The van der Waals surface area contributed by atoms with Crippen LogP contribution in [0.5, 0.6) is 0 Å². The number of ether oxygens (including phenoxy) is 2. The lowest BCUT2D eigenvalue weighted by Gasteiger charge is -2.24. The van der Waals surface area contributed by atoms with Crippen LogP contribution in [0.2, 0.25) is 0 Å². The zero-order chi connectivity index (χ0) is 59.8. The largest absolute Gasteiger partial charge is 0.472 e. The number of carbonyl (C=O) groups is 2. The summed E-state index contributed by atoms with van der Waals surface area (Å²) < 4.78 is 34.6. The first-order chi connectivity index (χ1) is 40.0. The second-order valence-electron chi connectivity index (χ2n) is 22.7. The van der Waals surface area contributed by atoms with Gasteiger partial charge in [0.25, 0.3) is 0 Å². The molecule has 0 aliphatic carbocycles. The van der Waals surface area contributed by atoms with E-state index in [0.29, 0.717) is 23.9 Å². The summed E-state index contributed by atoms with van der Waals surface area (Å²) in [5.74, 6) is -0.821. The first-order valence-corrected chi connectivity index (χ1v) is 34.4. The summed E-state index contributed by atoms with van der Waals surface area (Å²) in [4.78, 5) is 35.8. The third-order valence-corrected chi connectivity index (χ3v) is 14.7. The van der Waals surface area contributed by atoms with Crippen molar-refractivity contribution in [3.8, 4) is 0 Å². The van der Waals surface area contributed by atoms with Crippen molar-refractivity contribution >= 4 is 19.8 Å². The van der Waals surface area contributed by atoms with E-state index in [0.717, 1.165) is 122 Å². The van der Waals surface area contributed by atoms with Crippen LogP contribution in [-0.4, -0.2) is 74.9 Å². The van der Waals surface area contributed by atoms with Crippen molar-refractivity contribution in [2.75, 3.05) is 47.5 Å². The number of quaternary nitrogens is 1. The van der Waals surface area contributed by atoms with Crippen LogP contribution in [0.1, 0.15) is 258 Å². The number of unbranched alkanes of at least 4 members (excludes halogenated alkanes) is 23. The van der Waals surface area contributed by atoms with Crippen molar-refractivity contribution in [2.24, 2.45) is 0 Å². The van der Waals surface area contributed by atoms with Gasteiger partial charge in [-0.1, -0.05) is 270 Å². The van der Waals surface area contributed by atoms with Gasteiger partial charge < -0.3 is 18.9 Å². The standard InChI is InChI=1S/C72H122NO8P/c1-6-8-10-12-14-16-18-20-22-24-26-28-29-30-31-32-33-34-35-36-37-38-39-40-41-42-43-45-47-49-51-53-55-57-59-61-63-65-72(75)81-70(69-80-82(76,77)79-67-66-73(3,4)5)68-78-71(74)64-62-60-58-56-54-52-50-48-46-44-27-25-23-21-19-17-15-13-11-9-7-2/h8-11,14-17,20-23,26-28,30-31,33-34,44,48,50,70H,6-7,12-13,18-19,24-25,29,32,35-43,45-47,49,51-69H2,1-5H3/p+1/b10-8-,11-9-,16-14-,17-15-,22-20-,23-21-,28-26-,31-30-,34-33-,44-27-,50-48-. The molecule has 0 aliphatic rings. The number of hydrogen-bond donors (Lipinski definition) is 1. The van der Waals surface area contributed by atoms with E-state index in [-0.39, 0.29) is 32.0 Å². The molecule has 0 saturated carbocycles. The van der Waals surface area contributed by atoms with E-state index in [1.807, 2.05) is 21.1 Å². The smallest absolute Gasteiger partial charge is 0.462 e. The Bertz CT molecular complexity index is 1850. The third kappa shape index (κ3) is 65.3. The summed E-state index contributed by atoms with van der Waals surface area (Å²) in [5, 5.41) is 0. The van der Waals surface area contributed by atoms with Crippen LogP contribution in [0.3, 0.4) is 0 Å². The van der Waals surface area contributed by atoms with Gasteiger partial charge in [-0.25, -0.2) is 4.57 Å². The van der Waals surface area contributed by atoms with E-state index < -0.39 is 26.5 Å². The van der Waals surface area contributed by atoms with Gasteiger partial charge in [-0.15, -0.1) is 0 Å². The molecule has 0 spiro atoms. The molecule has 0 heterocycles. The molecule has 82 heavy (non-hydrogen) atoms. The molecule has 1 N–H and O–H groups in total. The fraction of sp³-hybridized carbons (Fsp3) is 0.667. The zero-order valence-corrected chi connectivity index (χ0v) is 54.1. The zero-order valence-electron chi connectivity index (χ0n) is 53.2. The minimum atomic E-state index is -4.40. The Hall–Kier alpha value is -3.85. The van der Waals surface area contributed by atoms with Gasteiger partial charge >= 0.3 is 19.8 Å². The average molecular weight is 1160 g/mol. The highest BCUT2D eigenvalue weighted by Gasteiger charge is 2.27. The Kier molecular flexibility index (Phi) is 58.8. The molecule has 0 aliphatic heterocycles. The summed E-state index contributed by atoms with van der Waals surface area (Å²) in [6.07, 6.45) is 89.7. The summed E-state index contributed by atoms with van der Waals surface area (Å²) in [6.45, 7) is 4.18. The summed E-state index contributed by atoms with van der Waals surface area (Å²) >= 11 is 0. The molecule has 2 unspecified atom stereocenters. The lowest BCUT2D eigenvalue weighted by atomic mass is 10.0. The third-order valence-electron chi connectivity index (χ3n) is 13.7. The number of esters is 2. The monoisotopic (exact) mass is 1160 g/mol. The maximum Gasteiger partial charge on any atom is 0.472 e. The minimum Gasteiger partial charge on any atom is -0.462 e. The van der Waals surface area contributed by atoms with Crippen molar-refractivity contribution in [2.45, 2.75) is 264 Å². The van der Waals surface area contributed by atoms with Gasteiger partial charge in [0.05, 0.1) is 27.7 Å². The van der Waals surface area contributed by atoms with Gasteiger partial charge in [0.2, 0.25) is 0 Å². The van der Waals surface area contributed by atoms with Crippen molar-refractivity contribution in [3.63, 3.8) is 0 Å². The minimum absolute atomic E-state index is 0.0230. The number of allylic oxidation sites excluding steroid dienone is 22. The Morgan fingerprint density at radius 2 is 0.659 bits per heavy atom. The normalized spacial score (nSPS) is 14.1. The van der Waals surface area contributed by atoms with E-state index in [2.05, 4.69) is 148 Å². The SMILES string of the molecule is CC/C=C\C/C=C\C/C=C\C/C=C\C/C=C\C/C=C\CCCCCCCCCCCCCCCCCCCCC(=O)OC(COC(=O)CCCCCCC/C=C\C/C=C\C/C=C\C/C=C\C/C=C\CC)COP(=O)(O)OCC[N+](C)(C)C. The van der Waals surface area contributed by atoms with Crippen LogP contribution >= 0.6 is 7.82 Å².